The third-order valence-corrected chi connectivity index (χ3v) is 6.47. The van der Waals surface area contributed by atoms with Gasteiger partial charge in [-0.25, -0.2) is 9.37 Å². The monoisotopic (exact) mass is 371 g/mol. The maximum Gasteiger partial charge on any atom is 0.201 e. The smallest absolute Gasteiger partial charge is 0.201 e. The van der Waals surface area contributed by atoms with Crippen LogP contribution in [0.1, 0.15) is 32.1 Å². The fourth-order valence-electron chi connectivity index (χ4n) is 3.22. The highest BCUT2D eigenvalue weighted by Gasteiger charge is 2.32. The highest BCUT2D eigenvalue weighted by atomic mass is 79.9. The minimum absolute atomic E-state index is 0.223. The summed E-state index contributed by atoms with van der Waals surface area (Å²) in [5.74, 6) is 0.172. The lowest BCUT2D eigenvalue weighted by atomic mass is 9.88. The minimum Gasteiger partial charge on any atom is -0.369 e. The van der Waals surface area contributed by atoms with Crippen LogP contribution in [-0.4, -0.2) is 20.6 Å². The number of benzene rings is 1. The fraction of sp³-hybridized carbons (Fsp3) is 0.533. The van der Waals surface area contributed by atoms with Crippen molar-refractivity contribution in [2.24, 2.45) is 0 Å². The van der Waals surface area contributed by atoms with Gasteiger partial charge in [-0.05, 0) is 41.1 Å². The summed E-state index contributed by atoms with van der Waals surface area (Å²) in [6, 6.07) is 3.23. The Kier molecular flexibility index (Phi) is 4.19. The molecule has 1 aromatic carbocycles. The van der Waals surface area contributed by atoms with Gasteiger partial charge in [0.15, 0.2) is 0 Å². The summed E-state index contributed by atoms with van der Waals surface area (Å²) in [6.45, 7) is 0.842. The van der Waals surface area contributed by atoms with Crippen LogP contribution in [0.3, 0.4) is 0 Å². The van der Waals surface area contributed by atoms with Crippen molar-refractivity contribution >= 4 is 44.7 Å². The molecule has 0 aliphatic heterocycles. The minimum atomic E-state index is -0.301. The predicted octanol–water partition coefficient (Wildman–Crippen LogP) is 4.59. The number of anilines is 1. The summed E-state index contributed by atoms with van der Waals surface area (Å²) in [5.41, 5.74) is 7.62. The van der Waals surface area contributed by atoms with Crippen LogP contribution in [0.5, 0.6) is 0 Å². The molecule has 3 rings (SSSR count). The average molecular weight is 372 g/mol. The van der Waals surface area contributed by atoms with Gasteiger partial charge in [0.25, 0.3) is 0 Å². The number of thioether (sulfide) groups is 1. The molecule has 0 spiro atoms. The summed E-state index contributed by atoms with van der Waals surface area (Å²) >= 11 is 5.18. The normalized spacial score (nSPS) is 18.2. The Bertz CT molecular complexity index is 664. The second-order valence-electron chi connectivity index (χ2n) is 5.76. The van der Waals surface area contributed by atoms with Crippen molar-refractivity contribution < 1.29 is 4.39 Å². The molecule has 0 unspecified atom stereocenters. The molecule has 2 N–H and O–H groups in total. The van der Waals surface area contributed by atoms with E-state index in [1.165, 1.54) is 38.2 Å². The lowest BCUT2D eigenvalue weighted by molar-refractivity contribution is 0.363. The van der Waals surface area contributed by atoms with Crippen molar-refractivity contribution in [3.05, 3.63) is 22.4 Å². The Morgan fingerprint density at radius 3 is 2.76 bits per heavy atom. The maximum absolute atomic E-state index is 13.6. The van der Waals surface area contributed by atoms with Gasteiger partial charge in [-0.15, -0.1) is 0 Å². The maximum atomic E-state index is 13.6. The highest BCUT2D eigenvalue weighted by Crippen LogP contribution is 2.41. The van der Waals surface area contributed by atoms with Crippen molar-refractivity contribution in [3.8, 4) is 0 Å². The lowest BCUT2D eigenvalue weighted by Crippen LogP contribution is -2.33. The first-order valence-corrected chi connectivity index (χ1v) is 9.22. The number of halogens is 2. The molecular formula is C15H19BrFN3S. The SMILES string of the molecule is CSC1(Cn2c(N)nc3cc(F)c(Br)cc32)CCCCC1. The average Bonchev–Trinajstić information content (AvgIpc) is 2.76. The van der Waals surface area contributed by atoms with Crippen LogP contribution in [0.4, 0.5) is 10.3 Å². The van der Waals surface area contributed by atoms with Crippen LogP contribution in [-0.2, 0) is 6.54 Å². The van der Waals surface area contributed by atoms with E-state index in [0.717, 1.165) is 12.1 Å². The zero-order valence-corrected chi connectivity index (χ0v) is 14.4. The molecular weight excluding hydrogens is 353 g/mol. The number of imidazole rings is 1. The van der Waals surface area contributed by atoms with Gasteiger partial charge in [-0.3, -0.25) is 0 Å². The zero-order valence-electron chi connectivity index (χ0n) is 12.0. The molecule has 1 saturated carbocycles. The molecule has 0 atom stereocenters. The van der Waals surface area contributed by atoms with E-state index in [2.05, 4.69) is 27.2 Å². The molecule has 0 amide bonds. The summed E-state index contributed by atoms with van der Waals surface area (Å²) in [6.07, 6.45) is 8.44. The number of nitrogen functional groups attached to an aromatic ring is 1. The molecule has 0 saturated heterocycles. The highest BCUT2D eigenvalue weighted by molar-refractivity contribution is 9.10. The molecule has 1 aliphatic rings. The van der Waals surface area contributed by atoms with Crippen LogP contribution in [0, 0.1) is 5.82 Å². The van der Waals surface area contributed by atoms with Gasteiger partial charge in [-0.1, -0.05) is 19.3 Å². The van der Waals surface area contributed by atoms with E-state index in [-0.39, 0.29) is 10.6 Å². The Morgan fingerprint density at radius 2 is 2.10 bits per heavy atom. The van der Waals surface area contributed by atoms with E-state index >= 15 is 0 Å². The van der Waals surface area contributed by atoms with Gasteiger partial charge in [0, 0.05) is 17.4 Å². The van der Waals surface area contributed by atoms with Crippen molar-refractivity contribution in [1.29, 1.82) is 0 Å². The number of hydrogen-bond donors (Lipinski definition) is 1. The number of fused-ring (bicyclic) bond motifs is 1. The van der Waals surface area contributed by atoms with Gasteiger partial charge in [0.2, 0.25) is 5.95 Å². The standard InChI is InChI=1S/C15H19BrFN3S/c1-21-15(5-3-2-4-6-15)9-20-13-7-10(16)11(17)8-12(13)19-14(20)18/h7-8H,2-6,9H2,1H3,(H2,18,19). The second-order valence-corrected chi connectivity index (χ2v) is 7.89. The molecule has 1 fully saturated rings. The molecule has 0 bridgehead atoms. The predicted molar refractivity (Wildman–Crippen MR) is 91.1 cm³/mol. The molecule has 2 aromatic rings. The second kappa shape index (κ2) is 5.80. The fourth-order valence-corrected chi connectivity index (χ4v) is 4.50. The molecule has 21 heavy (non-hydrogen) atoms. The first-order valence-electron chi connectivity index (χ1n) is 7.21. The third-order valence-electron chi connectivity index (χ3n) is 4.46. The first-order chi connectivity index (χ1) is 10.0. The van der Waals surface area contributed by atoms with E-state index in [4.69, 9.17) is 5.73 Å². The van der Waals surface area contributed by atoms with Gasteiger partial charge in [0.05, 0.1) is 15.5 Å². The number of aromatic nitrogens is 2. The number of hydrogen-bond acceptors (Lipinski definition) is 3. The Hall–Kier alpha value is -0.750. The van der Waals surface area contributed by atoms with Crippen molar-refractivity contribution in [2.75, 3.05) is 12.0 Å². The summed E-state index contributed by atoms with van der Waals surface area (Å²) in [5, 5.41) is 0. The molecule has 0 radical (unpaired) electrons. The van der Waals surface area contributed by atoms with Crippen LogP contribution in [0.2, 0.25) is 0 Å². The van der Waals surface area contributed by atoms with Gasteiger partial charge < -0.3 is 10.3 Å². The summed E-state index contributed by atoms with van der Waals surface area (Å²) in [4.78, 5) is 4.32. The van der Waals surface area contributed by atoms with Crippen molar-refractivity contribution in [1.82, 2.24) is 9.55 Å². The van der Waals surface area contributed by atoms with E-state index in [1.807, 2.05) is 16.3 Å². The Morgan fingerprint density at radius 1 is 1.38 bits per heavy atom. The van der Waals surface area contributed by atoms with Gasteiger partial charge >= 0.3 is 0 Å². The molecule has 114 valence electrons. The molecule has 1 heterocycles. The third kappa shape index (κ3) is 2.80. The number of nitrogens with zero attached hydrogens (tertiary/aromatic N) is 2. The van der Waals surface area contributed by atoms with E-state index in [1.54, 1.807) is 6.07 Å². The van der Waals surface area contributed by atoms with Gasteiger partial charge in [0.1, 0.15) is 5.82 Å². The summed E-state index contributed by atoms with van der Waals surface area (Å²) in [7, 11) is 0. The quantitative estimate of drug-likeness (QED) is 0.857. The topological polar surface area (TPSA) is 43.8 Å². The van der Waals surface area contributed by atoms with E-state index < -0.39 is 0 Å². The van der Waals surface area contributed by atoms with Crippen LogP contribution < -0.4 is 5.73 Å². The lowest BCUT2D eigenvalue weighted by Gasteiger charge is -2.36. The molecule has 3 nitrogen and oxygen atoms in total. The number of nitrogens with two attached hydrogens (primary N) is 1. The zero-order chi connectivity index (χ0) is 15.0. The van der Waals surface area contributed by atoms with Crippen LogP contribution in [0.15, 0.2) is 16.6 Å². The Balaban J connectivity index is 2.03. The van der Waals surface area contributed by atoms with Crippen LogP contribution in [0.25, 0.3) is 11.0 Å². The van der Waals surface area contributed by atoms with Crippen molar-refractivity contribution in [2.45, 2.75) is 43.4 Å². The van der Waals surface area contributed by atoms with E-state index in [9.17, 15) is 4.39 Å². The number of rotatable bonds is 3. The Labute approximate surface area is 136 Å². The summed E-state index contributed by atoms with van der Waals surface area (Å²) < 4.78 is 16.4. The van der Waals surface area contributed by atoms with Gasteiger partial charge in [-0.2, -0.15) is 11.8 Å². The van der Waals surface area contributed by atoms with Crippen LogP contribution >= 0.6 is 27.7 Å². The molecule has 1 aliphatic carbocycles. The largest absolute Gasteiger partial charge is 0.369 e. The first kappa shape index (κ1) is 15.2. The molecule has 1 aromatic heterocycles. The molecule has 6 heteroatoms. The van der Waals surface area contributed by atoms with Crippen molar-refractivity contribution in [3.63, 3.8) is 0 Å². The van der Waals surface area contributed by atoms with E-state index in [0.29, 0.717) is 15.9 Å².